The smallest absolute Gasteiger partial charge is 0.209 e. The number of nitrogens with one attached hydrogen (secondary N) is 4. The number of sulfonamides is 1. The third-order valence-corrected chi connectivity index (χ3v) is 7.61. The second kappa shape index (κ2) is 11.7. The summed E-state index contributed by atoms with van der Waals surface area (Å²) in [5.74, 6) is 0.279. The van der Waals surface area contributed by atoms with Crippen LogP contribution in [0.15, 0.2) is 61.3 Å². The first-order chi connectivity index (χ1) is 21.0. The second-order valence-corrected chi connectivity index (χ2v) is 12.9. The van der Waals surface area contributed by atoms with Crippen molar-refractivity contribution >= 4 is 37.8 Å². The maximum absolute atomic E-state index is 14.6. The highest BCUT2D eigenvalue weighted by Crippen LogP contribution is 2.33. The van der Waals surface area contributed by atoms with E-state index in [1.54, 1.807) is 37.1 Å². The number of aromatic nitrogens is 7. The minimum absolute atomic E-state index is 0.0551. The standard InChI is InChI=1S/C30H30FN9O3S/c1-16(2)4-26(41)36-22-8-19(11-32-13-22)20-9-23-28(39-40-29(23)34-12-20)30-37-25-15-33-14-24(27(25)38-30)18-5-17(6-21(31)7-18)10-35-44(3,42)43/h5-9,11-16,26,35-36,41H,4,10H2,1-3H3,(H,37,38)(H,34,39,40). The highest BCUT2D eigenvalue weighted by molar-refractivity contribution is 7.88. The Kier molecular flexibility index (Phi) is 7.80. The van der Waals surface area contributed by atoms with Gasteiger partial charge in [0.1, 0.15) is 17.7 Å². The van der Waals surface area contributed by atoms with Gasteiger partial charge in [0, 0.05) is 41.8 Å². The fourth-order valence-corrected chi connectivity index (χ4v) is 5.42. The first-order valence-electron chi connectivity index (χ1n) is 13.8. The minimum Gasteiger partial charge on any atom is -0.374 e. The molecule has 1 aromatic carbocycles. The van der Waals surface area contributed by atoms with Crippen LogP contribution in [0.3, 0.4) is 0 Å². The zero-order chi connectivity index (χ0) is 31.0. The molecule has 0 aliphatic rings. The molecule has 0 aliphatic heterocycles. The summed E-state index contributed by atoms with van der Waals surface area (Å²) in [6.07, 6.45) is 9.27. The molecule has 0 saturated carbocycles. The number of benzene rings is 1. The van der Waals surface area contributed by atoms with Crippen LogP contribution in [0.5, 0.6) is 0 Å². The van der Waals surface area contributed by atoms with E-state index in [0.717, 1.165) is 17.4 Å². The molecule has 1 unspecified atom stereocenters. The summed E-state index contributed by atoms with van der Waals surface area (Å²) in [6.45, 7) is 4.03. The van der Waals surface area contributed by atoms with Gasteiger partial charge >= 0.3 is 0 Å². The number of hydrogen-bond donors (Lipinski definition) is 5. The predicted octanol–water partition coefficient (Wildman–Crippen LogP) is 4.59. The molecule has 0 spiro atoms. The van der Waals surface area contributed by atoms with E-state index >= 15 is 0 Å². The number of halogens is 1. The number of imidazole rings is 1. The summed E-state index contributed by atoms with van der Waals surface area (Å²) < 4.78 is 40.1. The van der Waals surface area contributed by atoms with E-state index in [2.05, 4.69) is 40.2 Å². The molecule has 14 heteroatoms. The summed E-state index contributed by atoms with van der Waals surface area (Å²) in [7, 11) is -3.45. The van der Waals surface area contributed by atoms with Gasteiger partial charge in [-0.15, -0.1) is 0 Å². The zero-order valence-electron chi connectivity index (χ0n) is 24.1. The van der Waals surface area contributed by atoms with Gasteiger partial charge in [-0.05, 0) is 53.8 Å². The SMILES string of the molecule is CC(C)CC(O)Nc1cncc(-c2cnc3[nH]nc(-c4nc5c(-c6cc(F)cc(CNS(C)(=O)=O)c6)cncc5[nH]4)c3c2)c1. The lowest BCUT2D eigenvalue weighted by atomic mass is 10.0. The number of aromatic amines is 2. The highest BCUT2D eigenvalue weighted by Gasteiger charge is 2.18. The third-order valence-electron chi connectivity index (χ3n) is 6.94. The van der Waals surface area contributed by atoms with Gasteiger partial charge in [-0.25, -0.2) is 27.5 Å². The van der Waals surface area contributed by atoms with Crippen LogP contribution in [-0.4, -0.2) is 61.1 Å². The predicted molar refractivity (Wildman–Crippen MR) is 166 cm³/mol. The molecule has 0 amide bonds. The first-order valence-corrected chi connectivity index (χ1v) is 15.7. The van der Waals surface area contributed by atoms with Gasteiger partial charge in [0.15, 0.2) is 11.5 Å². The van der Waals surface area contributed by atoms with E-state index in [9.17, 15) is 17.9 Å². The maximum Gasteiger partial charge on any atom is 0.209 e. The molecule has 0 radical (unpaired) electrons. The number of H-pyrrole nitrogens is 2. The van der Waals surface area contributed by atoms with Gasteiger partial charge in [0.25, 0.3) is 0 Å². The van der Waals surface area contributed by atoms with Crippen molar-refractivity contribution in [1.29, 1.82) is 0 Å². The van der Waals surface area contributed by atoms with Crippen molar-refractivity contribution in [3.05, 3.63) is 72.7 Å². The van der Waals surface area contributed by atoms with Crippen molar-refractivity contribution in [3.8, 4) is 33.8 Å². The van der Waals surface area contributed by atoms with E-state index in [-0.39, 0.29) is 6.54 Å². The molecule has 12 nitrogen and oxygen atoms in total. The van der Waals surface area contributed by atoms with Gasteiger partial charge in [0.2, 0.25) is 10.0 Å². The summed E-state index contributed by atoms with van der Waals surface area (Å²) in [5, 5.41) is 21.5. The van der Waals surface area contributed by atoms with Crippen molar-refractivity contribution in [2.24, 2.45) is 5.92 Å². The number of nitrogens with zero attached hydrogens (tertiary/aromatic N) is 5. The molecular formula is C30H30FN9O3S. The number of hydrogen-bond acceptors (Lipinski definition) is 9. The molecule has 5 N–H and O–H groups in total. The number of aliphatic hydroxyl groups is 1. The van der Waals surface area contributed by atoms with Gasteiger partial charge in [-0.3, -0.25) is 15.1 Å². The molecule has 1 atom stereocenters. The van der Waals surface area contributed by atoms with Crippen LogP contribution in [0.2, 0.25) is 0 Å². The van der Waals surface area contributed by atoms with Gasteiger partial charge in [-0.1, -0.05) is 13.8 Å². The lowest BCUT2D eigenvalue weighted by molar-refractivity contribution is 0.176. The van der Waals surface area contributed by atoms with Gasteiger partial charge in [0.05, 0.1) is 40.8 Å². The Balaban J connectivity index is 1.35. The maximum atomic E-state index is 14.6. The average Bonchev–Trinajstić information content (AvgIpc) is 3.59. The lowest BCUT2D eigenvalue weighted by Gasteiger charge is -2.16. The van der Waals surface area contributed by atoms with Gasteiger partial charge in [-0.2, -0.15) is 5.10 Å². The van der Waals surface area contributed by atoms with Gasteiger partial charge < -0.3 is 15.4 Å². The summed E-state index contributed by atoms with van der Waals surface area (Å²) in [6, 6.07) is 8.17. The number of rotatable bonds is 10. The first kappa shape index (κ1) is 29.3. The molecule has 6 aromatic rings. The molecule has 6 rings (SSSR count). The van der Waals surface area contributed by atoms with Crippen LogP contribution in [0, 0.1) is 11.7 Å². The lowest BCUT2D eigenvalue weighted by Crippen LogP contribution is -2.21. The molecule has 5 aromatic heterocycles. The van der Waals surface area contributed by atoms with Crippen LogP contribution < -0.4 is 10.0 Å². The Bertz CT molecular complexity index is 2090. The molecule has 5 heterocycles. The zero-order valence-corrected chi connectivity index (χ0v) is 24.9. The molecule has 0 saturated heterocycles. The number of pyridine rings is 3. The largest absolute Gasteiger partial charge is 0.374 e. The van der Waals surface area contributed by atoms with Crippen molar-refractivity contribution in [1.82, 2.24) is 39.8 Å². The van der Waals surface area contributed by atoms with Crippen LogP contribution in [-0.2, 0) is 16.6 Å². The molecule has 44 heavy (non-hydrogen) atoms. The Morgan fingerprint density at radius 3 is 2.57 bits per heavy atom. The summed E-state index contributed by atoms with van der Waals surface area (Å²) in [4.78, 5) is 21.3. The summed E-state index contributed by atoms with van der Waals surface area (Å²) in [5.41, 5.74) is 6.06. The van der Waals surface area contributed by atoms with E-state index in [4.69, 9.17) is 4.98 Å². The minimum atomic E-state index is -3.45. The topological polar surface area (TPSA) is 174 Å². The number of anilines is 1. The van der Waals surface area contributed by atoms with Crippen molar-refractivity contribution in [3.63, 3.8) is 0 Å². The third kappa shape index (κ3) is 6.41. The van der Waals surface area contributed by atoms with Crippen LogP contribution in [0.25, 0.3) is 55.8 Å². The quantitative estimate of drug-likeness (QED) is 0.138. The molecule has 0 fully saturated rings. The van der Waals surface area contributed by atoms with E-state index in [0.29, 0.717) is 68.3 Å². The Labute approximate surface area is 252 Å². The van der Waals surface area contributed by atoms with Crippen LogP contribution in [0.4, 0.5) is 10.1 Å². The Hall–Kier alpha value is -4.79. The monoisotopic (exact) mass is 615 g/mol. The van der Waals surface area contributed by atoms with Crippen molar-refractivity contribution < 1.29 is 17.9 Å². The Morgan fingerprint density at radius 2 is 1.77 bits per heavy atom. The summed E-state index contributed by atoms with van der Waals surface area (Å²) >= 11 is 0. The Morgan fingerprint density at radius 1 is 0.977 bits per heavy atom. The van der Waals surface area contributed by atoms with E-state index < -0.39 is 22.1 Å². The van der Waals surface area contributed by atoms with Crippen molar-refractivity contribution in [2.75, 3.05) is 11.6 Å². The normalized spacial score (nSPS) is 12.8. The molecule has 0 bridgehead atoms. The molecular weight excluding hydrogens is 585 g/mol. The molecule has 0 aliphatic carbocycles. The fraction of sp³-hybridized carbons (Fsp3) is 0.233. The second-order valence-electron chi connectivity index (χ2n) is 11.1. The van der Waals surface area contributed by atoms with Crippen LogP contribution >= 0.6 is 0 Å². The number of fused-ring (bicyclic) bond motifs is 2. The molecule has 226 valence electrons. The fourth-order valence-electron chi connectivity index (χ4n) is 5.00. The van der Waals surface area contributed by atoms with Crippen LogP contribution in [0.1, 0.15) is 25.8 Å². The van der Waals surface area contributed by atoms with E-state index in [1.807, 2.05) is 26.0 Å². The highest BCUT2D eigenvalue weighted by atomic mass is 32.2. The number of aliphatic hydroxyl groups excluding tert-OH is 1. The van der Waals surface area contributed by atoms with E-state index in [1.165, 1.54) is 12.1 Å². The average molecular weight is 616 g/mol. The van der Waals surface area contributed by atoms with Crippen molar-refractivity contribution in [2.45, 2.75) is 33.0 Å².